The third-order valence-corrected chi connectivity index (χ3v) is 5.85. The number of carbonyl (C=O) groups is 1. The Morgan fingerprint density at radius 2 is 2.08 bits per heavy atom. The van der Waals surface area contributed by atoms with Gasteiger partial charge in [0.1, 0.15) is 5.00 Å². The first-order valence-electron chi connectivity index (χ1n) is 8.21. The van der Waals surface area contributed by atoms with Gasteiger partial charge in [0.25, 0.3) is 5.91 Å². The molecule has 1 amide bonds. The van der Waals surface area contributed by atoms with Crippen LogP contribution in [0.4, 0.5) is 5.00 Å². The average Bonchev–Trinajstić information content (AvgIpc) is 3.09. The fourth-order valence-corrected chi connectivity index (χ4v) is 4.72. The molecule has 0 fully saturated rings. The second kappa shape index (κ2) is 5.91. The van der Waals surface area contributed by atoms with Crippen LogP contribution in [-0.4, -0.2) is 17.1 Å². The molecule has 2 heterocycles. The second-order valence-electron chi connectivity index (χ2n) is 6.22. The number of carbonyl (C=O) groups excluding carboxylic acids is 1. The van der Waals surface area contributed by atoms with Gasteiger partial charge in [0.05, 0.1) is 5.56 Å². The van der Waals surface area contributed by atoms with E-state index in [0.29, 0.717) is 5.56 Å². The van der Waals surface area contributed by atoms with Gasteiger partial charge in [-0.3, -0.25) is 4.79 Å². The molecule has 0 spiro atoms. The summed E-state index contributed by atoms with van der Waals surface area (Å²) in [6, 6.07) is 8.16. The summed E-state index contributed by atoms with van der Waals surface area (Å²) in [7, 11) is 0. The average molecular weight is 337 g/mol. The van der Waals surface area contributed by atoms with E-state index in [1.54, 1.807) is 11.3 Å². The van der Waals surface area contributed by atoms with Crippen LogP contribution in [0.3, 0.4) is 0 Å². The number of H-pyrrole nitrogens is 1. The molecule has 4 rings (SSSR count). The van der Waals surface area contributed by atoms with Crippen molar-refractivity contribution in [2.45, 2.75) is 32.6 Å². The minimum atomic E-state index is -0.364. The Labute approximate surface area is 144 Å². The predicted molar refractivity (Wildman–Crippen MR) is 99.8 cm³/mol. The SMILES string of the molecule is Cc1[nH]c2ccccc2c1C=Nc1sc2c(c1C(N)=O)CCCC2. The number of benzene rings is 1. The Bertz CT molecular complexity index is 965. The van der Waals surface area contributed by atoms with Gasteiger partial charge in [-0.2, -0.15) is 0 Å². The Morgan fingerprint density at radius 3 is 2.92 bits per heavy atom. The second-order valence-corrected chi connectivity index (χ2v) is 7.31. The zero-order valence-corrected chi connectivity index (χ0v) is 14.4. The number of aromatic nitrogens is 1. The first kappa shape index (κ1) is 15.1. The first-order chi connectivity index (χ1) is 11.6. The van der Waals surface area contributed by atoms with Crippen LogP contribution in [0.15, 0.2) is 29.3 Å². The van der Waals surface area contributed by atoms with Crippen molar-refractivity contribution < 1.29 is 4.79 Å². The Hall–Kier alpha value is -2.40. The molecule has 122 valence electrons. The van der Waals surface area contributed by atoms with Crippen LogP contribution in [0.5, 0.6) is 0 Å². The number of nitrogens with two attached hydrogens (primary N) is 1. The lowest BCUT2D eigenvalue weighted by Crippen LogP contribution is -2.14. The zero-order chi connectivity index (χ0) is 16.7. The largest absolute Gasteiger partial charge is 0.365 e. The van der Waals surface area contributed by atoms with Gasteiger partial charge in [-0.1, -0.05) is 18.2 Å². The summed E-state index contributed by atoms with van der Waals surface area (Å²) in [5.41, 5.74) is 10.6. The highest BCUT2D eigenvalue weighted by Gasteiger charge is 2.23. The molecule has 0 radical (unpaired) electrons. The Kier molecular flexibility index (Phi) is 3.73. The lowest BCUT2D eigenvalue weighted by atomic mass is 9.95. The van der Waals surface area contributed by atoms with Crippen molar-refractivity contribution >= 4 is 39.4 Å². The van der Waals surface area contributed by atoms with Gasteiger partial charge in [-0.25, -0.2) is 4.99 Å². The van der Waals surface area contributed by atoms with Crippen molar-refractivity contribution in [1.29, 1.82) is 0 Å². The zero-order valence-electron chi connectivity index (χ0n) is 13.6. The topological polar surface area (TPSA) is 71.2 Å². The van der Waals surface area contributed by atoms with Crippen LogP contribution < -0.4 is 5.73 Å². The minimum Gasteiger partial charge on any atom is -0.365 e. The van der Waals surface area contributed by atoms with Crippen LogP contribution in [0.25, 0.3) is 10.9 Å². The summed E-state index contributed by atoms with van der Waals surface area (Å²) in [6.07, 6.45) is 6.12. The summed E-state index contributed by atoms with van der Waals surface area (Å²) >= 11 is 1.61. The van der Waals surface area contributed by atoms with E-state index in [1.165, 1.54) is 11.3 Å². The number of rotatable bonds is 3. The molecular formula is C19H19N3OS. The fraction of sp³-hybridized carbons (Fsp3) is 0.263. The number of nitrogens with zero attached hydrogens (tertiary/aromatic N) is 1. The lowest BCUT2D eigenvalue weighted by Gasteiger charge is -2.10. The number of hydrogen-bond donors (Lipinski definition) is 2. The van der Waals surface area contributed by atoms with E-state index in [1.807, 2.05) is 25.3 Å². The predicted octanol–water partition coefficient (Wildman–Crippen LogP) is 4.27. The maximum absolute atomic E-state index is 11.9. The van der Waals surface area contributed by atoms with Crippen molar-refractivity contribution in [2.75, 3.05) is 0 Å². The fourth-order valence-electron chi connectivity index (χ4n) is 3.48. The van der Waals surface area contributed by atoms with Crippen LogP contribution in [0.2, 0.25) is 0 Å². The van der Waals surface area contributed by atoms with E-state index in [2.05, 4.69) is 22.1 Å². The number of primary amides is 1. The highest BCUT2D eigenvalue weighted by molar-refractivity contribution is 7.16. The summed E-state index contributed by atoms with van der Waals surface area (Å²) < 4.78 is 0. The highest BCUT2D eigenvalue weighted by atomic mass is 32.1. The molecule has 2 aromatic heterocycles. The first-order valence-corrected chi connectivity index (χ1v) is 9.02. The van der Waals surface area contributed by atoms with Crippen LogP contribution in [-0.2, 0) is 12.8 Å². The number of aromatic amines is 1. The molecule has 0 saturated carbocycles. The number of para-hydroxylation sites is 1. The van der Waals surface area contributed by atoms with Gasteiger partial charge in [0.2, 0.25) is 0 Å². The maximum atomic E-state index is 11.9. The number of fused-ring (bicyclic) bond motifs is 2. The maximum Gasteiger partial charge on any atom is 0.252 e. The highest BCUT2D eigenvalue weighted by Crippen LogP contribution is 2.39. The molecule has 3 N–H and O–H groups in total. The normalized spacial score (nSPS) is 14.4. The van der Waals surface area contributed by atoms with Crippen molar-refractivity contribution in [3.05, 3.63) is 51.5 Å². The van der Waals surface area contributed by atoms with Crippen LogP contribution >= 0.6 is 11.3 Å². The summed E-state index contributed by atoms with van der Waals surface area (Å²) in [6.45, 7) is 2.04. The van der Waals surface area contributed by atoms with Gasteiger partial charge in [-0.15, -0.1) is 11.3 Å². The van der Waals surface area contributed by atoms with Crippen molar-refractivity contribution in [1.82, 2.24) is 4.98 Å². The summed E-state index contributed by atoms with van der Waals surface area (Å²) in [5.74, 6) is -0.364. The number of thiophene rings is 1. The standard InChI is InChI=1S/C19H19N3OS/c1-11-14(12-6-2-4-8-15(12)22-11)10-21-19-17(18(20)23)13-7-3-5-9-16(13)24-19/h2,4,6,8,10,22H,3,5,7,9H2,1H3,(H2,20,23). The van der Waals surface area contributed by atoms with E-state index in [0.717, 1.165) is 52.0 Å². The third kappa shape index (κ3) is 2.45. The summed E-state index contributed by atoms with van der Waals surface area (Å²) in [5, 5.41) is 1.89. The molecule has 1 aliphatic carbocycles. The molecule has 0 saturated heterocycles. The monoisotopic (exact) mass is 337 g/mol. The van der Waals surface area contributed by atoms with E-state index < -0.39 is 0 Å². The van der Waals surface area contributed by atoms with E-state index >= 15 is 0 Å². The van der Waals surface area contributed by atoms with Crippen molar-refractivity contribution in [3.8, 4) is 0 Å². The number of aryl methyl sites for hydroxylation is 2. The van der Waals surface area contributed by atoms with Crippen molar-refractivity contribution in [3.63, 3.8) is 0 Å². The molecule has 3 aromatic rings. The molecule has 0 unspecified atom stereocenters. The van der Waals surface area contributed by atoms with E-state index in [9.17, 15) is 4.79 Å². The van der Waals surface area contributed by atoms with Gasteiger partial charge in [-0.05, 0) is 44.2 Å². The lowest BCUT2D eigenvalue weighted by molar-refractivity contribution is 0.100. The van der Waals surface area contributed by atoms with E-state index in [-0.39, 0.29) is 5.91 Å². The molecule has 4 nitrogen and oxygen atoms in total. The third-order valence-electron chi connectivity index (χ3n) is 4.65. The van der Waals surface area contributed by atoms with Crippen molar-refractivity contribution in [2.24, 2.45) is 10.7 Å². The number of aliphatic imine (C=N–C) groups is 1. The summed E-state index contributed by atoms with van der Waals surface area (Å²) in [4.78, 5) is 21.2. The smallest absolute Gasteiger partial charge is 0.252 e. The molecule has 0 aliphatic heterocycles. The molecule has 5 heteroatoms. The molecule has 24 heavy (non-hydrogen) atoms. The quantitative estimate of drug-likeness (QED) is 0.689. The van der Waals surface area contributed by atoms with Crippen LogP contribution in [0, 0.1) is 6.92 Å². The Morgan fingerprint density at radius 1 is 1.29 bits per heavy atom. The molecular weight excluding hydrogens is 318 g/mol. The van der Waals surface area contributed by atoms with Gasteiger partial charge in [0.15, 0.2) is 0 Å². The molecule has 0 bridgehead atoms. The number of hydrogen-bond acceptors (Lipinski definition) is 3. The molecule has 0 atom stereocenters. The molecule has 1 aliphatic rings. The van der Waals surface area contributed by atoms with Crippen LogP contribution in [0.1, 0.15) is 44.9 Å². The Balaban J connectivity index is 1.80. The number of amides is 1. The molecule has 1 aromatic carbocycles. The van der Waals surface area contributed by atoms with Gasteiger partial charge in [0, 0.05) is 33.3 Å². The minimum absolute atomic E-state index is 0.364. The number of nitrogens with one attached hydrogen (secondary N) is 1. The van der Waals surface area contributed by atoms with Gasteiger partial charge >= 0.3 is 0 Å². The van der Waals surface area contributed by atoms with E-state index in [4.69, 9.17) is 5.73 Å². The van der Waals surface area contributed by atoms with Gasteiger partial charge < -0.3 is 10.7 Å².